The second kappa shape index (κ2) is 12.4. The third-order valence-corrected chi connectivity index (χ3v) is 5.10. The van der Waals surface area contributed by atoms with Crippen LogP contribution in [-0.2, 0) is 6.42 Å². The highest BCUT2D eigenvalue weighted by Gasteiger charge is 2.11. The molecule has 0 bridgehead atoms. The van der Waals surface area contributed by atoms with Crippen LogP contribution in [0.2, 0.25) is 0 Å². The molecule has 0 aliphatic carbocycles. The number of amides is 1. The molecule has 1 saturated heterocycles. The molecule has 156 valence electrons. The quantitative estimate of drug-likeness (QED) is 0.349. The third kappa shape index (κ3) is 7.86. The van der Waals surface area contributed by atoms with E-state index in [1.807, 2.05) is 24.3 Å². The summed E-state index contributed by atoms with van der Waals surface area (Å²) in [6.07, 6.45) is 3.21. The van der Waals surface area contributed by atoms with Crippen molar-refractivity contribution >= 4 is 11.9 Å². The standard InChI is InChI=1S/C21H36N6O/c1-22-20(28)19-8-4-7-18(17-19)9-11-25-21(23-2)24-10-5-13-27-14-6-12-26(3)15-16-27/h4,7-8,17H,5-6,9-16H2,1-3H3,(H,22,28)(H2,23,24,25). The van der Waals surface area contributed by atoms with Crippen LogP contribution in [0.3, 0.4) is 0 Å². The zero-order chi connectivity index (χ0) is 20.2. The van der Waals surface area contributed by atoms with Gasteiger partial charge in [-0.2, -0.15) is 0 Å². The first-order valence-corrected chi connectivity index (χ1v) is 10.3. The van der Waals surface area contributed by atoms with E-state index in [4.69, 9.17) is 0 Å². The van der Waals surface area contributed by atoms with Gasteiger partial charge < -0.3 is 25.8 Å². The van der Waals surface area contributed by atoms with Gasteiger partial charge in [-0.05, 0) is 63.6 Å². The van der Waals surface area contributed by atoms with Crippen LogP contribution in [-0.4, -0.2) is 88.6 Å². The molecule has 1 heterocycles. The van der Waals surface area contributed by atoms with Gasteiger partial charge in [0.05, 0.1) is 0 Å². The molecule has 1 aliphatic heterocycles. The van der Waals surface area contributed by atoms with Crippen LogP contribution in [0.5, 0.6) is 0 Å². The molecule has 1 aromatic carbocycles. The number of guanidine groups is 1. The van der Waals surface area contributed by atoms with Crippen molar-refractivity contribution in [3.63, 3.8) is 0 Å². The lowest BCUT2D eigenvalue weighted by molar-refractivity contribution is 0.0963. The Kier molecular flexibility index (Phi) is 9.79. The van der Waals surface area contributed by atoms with E-state index in [0.717, 1.165) is 50.5 Å². The van der Waals surface area contributed by atoms with Gasteiger partial charge in [0.15, 0.2) is 5.96 Å². The zero-order valence-corrected chi connectivity index (χ0v) is 17.6. The maximum atomic E-state index is 11.7. The monoisotopic (exact) mass is 388 g/mol. The number of carbonyl (C=O) groups excluding carboxylic acids is 1. The second-order valence-corrected chi connectivity index (χ2v) is 7.31. The maximum absolute atomic E-state index is 11.7. The van der Waals surface area contributed by atoms with Gasteiger partial charge in [-0.3, -0.25) is 9.79 Å². The molecule has 3 N–H and O–H groups in total. The van der Waals surface area contributed by atoms with Gasteiger partial charge in [0, 0.05) is 45.8 Å². The van der Waals surface area contributed by atoms with Crippen molar-refractivity contribution < 1.29 is 4.79 Å². The van der Waals surface area contributed by atoms with Crippen LogP contribution in [0.15, 0.2) is 29.3 Å². The largest absolute Gasteiger partial charge is 0.356 e. The Morgan fingerprint density at radius 3 is 2.75 bits per heavy atom. The Balaban J connectivity index is 1.64. The lowest BCUT2D eigenvalue weighted by atomic mass is 10.1. The van der Waals surface area contributed by atoms with Crippen LogP contribution in [0.25, 0.3) is 0 Å². The number of nitrogens with zero attached hydrogens (tertiary/aromatic N) is 3. The fraction of sp³-hybridized carbons (Fsp3) is 0.619. The van der Waals surface area contributed by atoms with Gasteiger partial charge in [-0.1, -0.05) is 12.1 Å². The van der Waals surface area contributed by atoms with Crippen molar-refractivity contribution in [1.29, 1.82) is 0 Å². The lowest BCUT2D eigenvalue weighted by Gasteiger charge is -2.20. The molecule has 0 saturated carbocycles. The molecule has 7 heteroatoms. The Morgan fingerprint density at radius 2 is 1.96 bits per heavy atom. The summed E-state index contributed by atoms with van der Waals surface area (Å²) >= 11 is 0. The third-order valence-electron chi connectivity index (χ3n) is 5.10. The van der Waals surface area contributed by atoms with E-state index in [1.54, 1.807) is 14.1 Å². The number of aliphatic imine (C=N–C) groups is 1. The maximum Gasteiger partial charge on any atom is 0.251 e. The van der Waals surface area contributed by atoms with Crippen molar-refractivity contribution in [2.75, 3.05) is 67.0 Å². The Labute approximate surface area is 169 Å². The van der Waals surface area contributed by atoms with E-state index in [0.29, 0.717) is 5.56 Å². The number of nitrogens with one attached hydrogen (secondary N) is 3. The molecule has 0 radical (unpaired) electrons. The molecule has 1 amide bonds. The van der Waals surface area contributed by atoms with E-state index in [1.165, 1.54) is 26.1 Å². The van der Waals surface area contributed by atoms with Crippen molar-refractivity contribution in [3.8, 4) is 0 Å². The highest BCUT2D eigenvalue weighted by molar-refractivity contribution is 5.94. The van der Waals surface area contributed by atoms with Gasteiger partial charge in [0.2, 0.25) is 0 Å². The molecule has 7 nitrogen and oxygen atoms in total. The minimum Gasteiger partial charge on any atom is -0.356 e. The SMILES string of the molecule is CN=C(NCCCN1CCCN(C)CC1)NCCc1cccc(C(=O)NC)c1. The van der Waals surface area contributed by atoms with E-state index in [2.05, 4.69) is 37.8 Å². The topological polar surface area (TPSA) is 72.0 Å². The smallest absolute Gasteiger partial charge is 0.251 e. The van der Waals surface area contributed by atoms with Gasteiger partial charge in [-0.25, -0.2) is 0 Å². The van der Waals surface area contributed by atoms with Crippen LogP contribution >= 0.6 is 0 Å². The molecule has 0 aromatic heterocycles. The van der Waals surface area contributed by atoms with Crippen LogP contribution in [0.4, 0.5) is 0 Å². The highest BCUT2D eigenvalue weighted by atomic mass is 16.1. The number of benzene rings is 1. The first kappa shape index (κ1) is 22.2. The van der Waals surface area contributed by atoms with E-state index < -0.39 is 0 Å². The number of carbonyl (C=O) groups is 1. The summed E-state index contributed by atoms with van der Waals surface area (Å²) in [5.74, 6) is 0.779. The first-order chi connectivity index (χ1) is 13.6. The zero-order valence-electron chi connectivity index (χ0n) is 17.6. The van der Waals surface area contributed by atoms with Crippen molar-refractivity contribution in [3.05, 3.63) is 35.4 Å². The Bertz CT molecular complexity index is 633. The van der Waals surface area contributed by atoms with Crippen molar-refractivity contribution in [2.45, 2.75) is 19.3 Å². The fourth-order valence-corrected chi connectivity index (χ4v) is 3.39. The van der Waals surface area contributed by atoms with E-state index in [9.17, 15) is 4.79 Å². The molecule has 28 heavy (non-hydrogen) atoms. The molecular weight excluding hydrogens is 352 g/mol. The fourth-order valence-electron chi connectivity index (χ4n) is 3.39. The van der Waals surface area contributed by atoms with E-state index >= 15 is 0 Å². The van der Waals surface area contributed by atoms with Gasteiger partial charge >= 0.3 is 0 Å². The number of likely N-dealkylation sites (N-methyl/N-ethyl adjacent to an activating group) is 1. The Morgan fingerprint density at radius 1 is 1.14 bits per heavy atom. The molecule has 0 unspecified atom stereocenters. The molecule has 1 aromatic rings. The molecular formula is C21H36N6O. The van der Waals surface area contributed by atoms with Gasteiger partial charge in [0.1, 0.15) is 0 Å². The highest BCUT2D eigenvalue weighted by Crippen LogP contribution is 2.06. The number of rotatable bonds is 8. The summed E-state index contributed by atoms with van der Waals surface area (Å²) in [5, 5.41) is 9.41. The van der Waals surface area contributed by atoms with Gasteiger partial charge in [0.25, 0.3) is 5.91 Å². The lowest BCUT2D eigenvalue weighted by Crippen LogP contribution is -2.40. The predicted octanol–water partition coefficient (Wildman–Crippen LogP) is 0.781. The number of hydrogen-bond acceptors (Lipinski definition) is 4. The van der Waals surface area contributed by atoms with E-state index in [-0.39, 0.29) is 5.91 Å². The molecule has 0 spiro atoms. The minimum absolute atomic E-state index is 0.0525. The Hall–Kier alpha value is -2.12. The predicted molar refractivity (Wildman–Crippen MR) is 116 cm³/mol. The normalized spacial score (nSPS) is 16.5. The molecule has 1 fully saturated rings. The summed E-state index contributed by atoms with van der Waals surface area (Å²) in [6, 6.07) is 7.74. The summed E-state index contributed by atoms with van der Waals surface area (Å²) < 4.78 is 0. The molecule has 0 atom stereocenters. The van der Waals surface area contributed by atoms with Crippen molar-refractivity contribution in [1.82, 2.24) is 25.8 Å². The van der Waals surface area contributed by atoms with Crippen molar-refractivity contribution in [2.24, 2.45) is 4.99 Å². The van der Waals surface area contributed by atoms with Crippen LogP contribution < -0.4 is 16.0 Å². The summed E-state index contributed by atoms with van der Waals surface area (Å²) in [6.45, 7) is 7.55. The van der Waals surface area contributed by atoms with Gasteiger partial charge in [-0.15, -0.1) is 0 Å². The van der Waals surface area contributed by atoms with Crippen LogP contribution in [0.1, 0.15) is 28.8 Å². The minimum atomic E-state index is -0.0525. The first-order valence-electron chi connectivity index (χ1n) is 10.3. The second-order valence-electron chi connectivity index (χ2n) is 7.31. The van der Waals surface area contributed by atoms with Crippen LogP contribution in [0, 0.1) is 0 Å². The summed E-state index contributed by atoms with van der Waals surface area (Å²) in [5.41, 5.74) is 1.83. The summed E-state index contributed by atoms with van der Waals surface area (Å²) in [7, 11) is 5.65. The average Bonchev–Trinajstić information content (AvgIpc) is 2.93. The average molecular weight is 389 g/mol. The molecule has 1 aliphatic rings. The molecule has 2 rings (SSSR count). The summed E-state index contributed by atoms with van der Waals surface area (Å²) in [4.78, 5) is 21.0. The number of hydrogen-bond donors (Lipinski definition) is 3.